The van der Waals surface area contributed by atoms with Crippen LogP contribution >= 0.6 is 35.0 Å². The average molecular weight is 411 g/mol. The van der Waals surface area contributed by atoms with Crippen molar-refractivity contribution in [3.05, 3.63) is 63.6 Å². The summed E-state index contributed by atoms with van der Waals surface area (Å²) >= 11 is 13.8. The van der Waals surface area contributed by atoms with Gasteiger partial charge in [0.25, 0.3) is 5.91 Å². The van der Waals surface area contributed by atoms with Crippen LogP contribution < -0.4 is 10.6 Å². The molecule has 2 aromatic carbocycles. The number of carbonyl (C=O) groups is 2. The number of nitrogens with one attached hydrogen (secondary N) is 2. The number of amides is 2. The summed E-state index contributed by atoms with van der Waals surface area (Å²) in [6.45, 7) is 1.89. The van der Waals surface area contributed by atoms with Gasteiger partial charge in [0.2, 0.25) is 5.91 Å². The topological polar surface area (TPSA) is 58.2 Å². The number of halogens is 2. The van der Waals surface area contributed by atoms with Crippen LogP contribution in [0.25, 0.3) is 0 Å². The third kappa shape index (κ3) is 5.66. The molecule has 2 rings (SSSR count). The molecule has 1 atom stereocenters. The number of thioether (sulfide) groups is 1. The summed E-state index contributed by atoms with van der Waals surface area (Å²) in [5, 5.41) is 6.50. The Labute approximate surface area is 167 Å². The molecule has 2 amide bonds. The van der Waals surface area contributed by atoms with Gasteiger partial charge in [-0.15, -0.1) is 0 Å². The third-order valence-electron chi connectivity index (χ3n) is 3.79. The minimum absolute atomic E-state index is 0.292. The Hall–Kier alpha value is -1.69. The molecule has 0 aliphatic rings. The summed E-state index contributed by atoms with van der Waals surface area (Å²) in [6, 6.07) is 11.4. The molecule has 0 aliphatic heterocycles. The molecule has 2 aromatic rings. The monoisotopic (exact) mass is 410 g/mol. The molecule has 0 bridgehead atoms. The number of anilines is 1. The molecule has 0 saturated carbocycles. The lowest BCUT2D eigenvalue weighted by atomic mass is 10.1. The molecular formula is C19H20Cl2N2O2S. The molecule has 1 unspecified atom stereocenters. The molecule has 0 fully saturated rings. The van der Waals surface area contributed by atoms with E-state index in [-0.39, 0.29) is 11.8 Å². The lowest BCUT2D eigenvalue weighted by Gasteiger charge is -2.19. The fraction of sp³-hybridized carbons (Fsp3) is 0.263. The Kier molecular flexibility index (Phi) is 7.82. The van der Waals surface area contributed by atoms with Crippen LogP contribution in [-0.4, -0.2) is 29.9 Å². The van der Waals surface area contributed by atoms with Crippen LogP contribution in [0.1, 0.15) is 22.3 Å². The Morgan fingerprint density at radius 1 is 1.12 bits per heavy atom. The van der Waals surface area contributed by atoms with Crippen LogP contribution in [0.15, 0.2) is 42.5 Å². The van der Waals surface area contributed by atoms with Gasteiger partial charge < -0.3 is 10.6 Å². The molecule has 0 heterocycles. The third-order valence-corrected chi connectivity index (χ3v) is 5.17. The molecule has 0 spiro atoms. The summed E-state index contributed by atoms with van der Waals surface area (Å²) in [5.74, 6) is 0.0633. The van der Waals surface area contributed by atoms with Gasteiger partial charge in [0.05, 0.1) is 10.6 Å². The second-order valence-electron chi connectivity index (χ2n) is 5.74. The van der Waals surface area contributed by atoms with Gasteiger partial charge in [-0.05, 0) is 55.2 Å². The minimum Gasteiger partial charge on any atom is -0.340 e. The van der Waals surface area contributed by atoms with Crippen molar-refractivity contribution < 1.29 is 9.59 Å². The van der Waals surface area contributed by atoms with Gasteiger partial charge in [0.1, 0.15) is 6.04 Å². The Morgan fingerprint density at radius 3 is 2.50 bits per heavy atom. The Morgan fingerprint density at radius 2 is 1.85 bits per heavy atom. The highest BCUT2D eigenvalue weighted by Gasteiger charge is 2.22. The Bertz CT molecular complexity index is 799. The van der Waals surface area contributed by atoms with Crippen molar-refractivity contribution in [2.75, 3.05) is 17.3 Å². The van der Waals surface area contributed by atoms with Crippen molar-refractivity contribution in [2.45, 2.75) is 19.4 Å². The number of benzene rings is 2. The largest absolute Gasteiger partial charge is 0.340 e. The van der Waals surface area contributed by atoms with Crippen molar-refractivity contribution in [1.29, 1.82) is 0 Å². The number of hydrogen-bond acceptors (Lipinski definition) is 3. The SMILES string of the molecule is CSCCC(NC(=O)c1ccccc1Cl)C(=O)Nc1ccc(C)c(Cl)c1. The minimum atomic E-state index is -0.675. The van der Waals surface area contributed by atoms with E-state index in [1.165, 1.54) is 0 Å². The van der Waals surface area contributed by atoms with Gasteiger partial charge in [-0.25, -0.2) is 0 Å². The predicted molar refractivity (Wildman–Crippen MR) is 111 cm³/mol. The van der Waals surface area contributed by atoms with Gasteiger partial charge in [-0.1, -0.05) is 41.4 Å². The maximum atomic E-state index is 12.7. The number of hydrogen-bond donors (Lipinski definition) is 2. The van der Waals surface area contributed by atoms with E-state index in [0.717, 1.165) is 11.3 Å². The van der Waals surface area contributed by atoms with E-state index in [1.807, 2.05) is 19.2 Å². The second-order valence-corrected chi connectivity index (χ2v) is 7.54. The molecule has 0 aliphatic carbocycles. The first-order valence-electron chi connectivity index (χ1n) is 8.03. The zero-order valence-electron chi connectivity index (χ0n) is 14.5. The van der Waals surface area contributed by atoms with Crippen molar-refractivity contribution in [1.82, 2.24) is 5.32 Å². The molecule has 2 N–H and O–H groups in total. The van der Waals surface area contributed by atoms with E-state index in [4.69, 9.17) is 23.2 Å². The van der Waals surface area contributed by atoms with Crippen molar-refractivity contribution >= 4 is 52.5 Å². The fourth-order valence-corrected chi connectivity index (χ4v) is 3.16. The molecule has 7 heteroatoms. The van der Waals surface area contributed by atoms with Crippen LogP contribution in [0.3, 0.4) is 0 Å². The molecular weight excluding hydrogens is 391 g/mol. The average Bonchev–Trinajstić information content (AvgIpc) is 2.61. The van der Waals surface area contributed by atoms with Crippen molar-refractivity contribution in [2.24, 2.45) is 0 Å². The van der Waals surface area contributed by atoms with E-state index in [1.54, 1.807) is 48.2 Å². The highest BCUT2D eigenvalue weighted by Crippen LogP contribution is 2.20. The summed E-state index contributed by atoms with van der Waals surface area (Å²) in [7, 11) is 0. The van der Waals surface area contributed by atoms with Gasteiger partial charge in [-0.3, -0.25) is 9.59 Å². The first-order chi connectivity index (χ1) is 12.4. The highest BCUT2D eigenvalue weighted by molar-refractivity contribution is 7.98. The Balaban J connectivity index is 2.12. The summed E-state index contributed by atoms with van der Waals surface area (Å²) in [5.41, 5.74) is 1.86. The zero-order chi connectivity index (χ0) is 19.1. The van der Waals surface area contributed by atoms with Gasteiger partial charge in [0.15, 0.2) is 0 Å². The summed E-state index contributed by atoms with van der Waals surface area (Å²) in [4.78, 5) is 25.1. The van der Waals surface area contributed by atoms with E-state index in [0.29, 0.717) is 27.7 Å². The maximum absolute atomic E-state index is 12.7. The summed E-state index contributed by atoms with van der Waals surface area (Å²) in [6.07, 6.45) is 2.45. The first kappa shape index (κ1) is 20.6. The highest BCUT2D eigenvalue weighted by atomic mass is 35.5. The van der Waals surface area contributed by atoms with Gasteiger partial charge in [0, 0.05) is 10.7 Å². The van der Waals surface area contributed by atoms with Crippen molar-refractivity contribution in [3.63, 3.8) is 0 Å². The lowest BCUT2D eigenvalue weighted by Crippen LogP contribution is -2.44. The van der Waals surface area contributed by atoms with Crippen molar-refractivity contribution in [3.8, 4) is 0 Å². The standard InChI is InChI=1S/C19H20Cl2N2O2S/c1-12-7-8-13(11-16(12)21)22-19(25)17(9-10-26-2)23-18(24)14-5-3-4-6-15(14)20/h3-8,11,17H,9-10H2,1-2H3,(H,22,25)(H,23,24). The molecule has 0 aromatic heterocycles. The summed E-state index contributed by atoms with van der Waals surface area (Å²) < 4.78 is 0. The van der Waals surface area contributed by atoms with E-state index in [2.05, 4.69) is 10.6 Å². The van der Waals surface area contributed by atoms with Crippen LogP contribution in [0.4, 0.5) is 5.69 Å². The van der Waals surface area contributed by atoms with E-state index >= 15 is 0 Å². The molecule has 4 nitrogen and oxygen atoms in total. The molecule has 138 valence electrons. The second kappa shape index (κ2) is 9.86. The van der Waals surface area contributed by atoms with Crippen LogP contribution in [-0.2, 0) is 4.79 Å². The normalized spacial score (nSPS) is 11.7. The van der Waals surface area contributed by atoms with E-state index < -0.39 is 6.04 Å². The smallest absolute Gasteiger partial charge is 0.253 e. The maximum Gasteiger partial charge on any atom is 0.253 e. The first-order valence-corrected chi connectivity index (χ1v) is 10.2. The molecule has 26 heavy (non-hydrogen) atoms. The number of aryl methyl sites for hydroxylation is 1. The zero-order valence-corrected chi connectivity index (χ0v) is 16.8. The van der Waals surface area contributed by atoms with Crippen LogP contribution in [0, 0.1) is 6.92 Å². The predicted octanol–water partition coefficient (Wildman–Crippen LogP) is 4.79. The van der Waals surface area contributed by atoms with Crippen LogP contribution in [0.5, 0.6) is 0 Å². The molecule has 0 saturated heterocycles. The van der Waals surface area contributed by atoms with E-state index in [9.17, 15) is 9.59 Å². The van der Waals surface area contributed by atoms with Crippen LogP contribution in [0.2, 0.25) is 10.0 Å². The fourth-order valence-electron chi connectivity index (χ4n) is 2.29. The van der Waals surface area contributed by atoms with Gasteiger partial charge >= 0.3 is 0 Å². The van der Waals surface area contributed by atoms with Gasteiger partial charge in [-0.2, -0.15) is 11.8 Å². The lowest BCUT2D eigenvalue weighted by molar-refractivity contribution is -0.118. The number of rotatable bonds is 7. The quantitative estimate of drug-likeness (QED) is 0.689. The molecule has 0 radical (unpaired) electrons. The number of carbonyl (C=O) groups excluding carboxylic acids is 2.